The minimum atomic E-state index is -0.356. The molecule has 9 heteroatoms. The predicted molar refractivity (Wildman–Crippen MR) is 97.3 cm³/mol. The molecule has 2 heterocycles. The van der Waals surface area contributed by atoms with Gasteiger partial charge in [-0.25, -0.2) is 0 Å². The maximum atomic E-state index is 10.9. The van der Waals surface area contributed by atoms with Gasteiger partial charge in [0, 0.05) is 25.5 Å². The van der Waals surface area contributed by atoms with E-state index in [1.807, 2.05) is 49.7 Å². The molecule has 1 atom stereocenters. The highest BCUT2D eigenvalue weighted by molar-refractivity contribution is 7.99. The first-order valence-corrected chi connectivity index (χ1v) is 9.05. The number of aromatic nitrogens is 5. The highest BCUT2D eigenvalue weighted by Gasteiger charge is 2.20. The molecule has 3 aromatic rings. The fourth-order valence-corrected chi connectivity index (χ4v) is 3.18. The Hall–Kier alpha value is -2.68. The lowest BCUT2D eigenvalue weighted by molar-refractivity contribution is -0.118. The molecule has 3 rings (SSSR count). The maximum Gasteiger partial charge on any atom is 0.247 e. The molecule has 2 N–H and O–H groups in total. The molecule has 0 aliphatic rings. The van der Waals surface area contributed by atoms with Gasteiger partial charge in [-0.15, -0.1) is 20.4 Å². The zero-order valence-corrected chi connectivity index (χ0v) is 15.7. The van der Waals surface area contributed by atoms with Crippen molar-refractivity contribution in [2.45, 2.75) is 37.1 Å². The van der Waals surface area contributed by atoms with E-state index in [-0.39, 0.29) is 17.6 Å². The lowest BCUT2D eigenvalue weighted by atomic mass is 10.1. The van der Waals surface area contributed by atoms with E-state index in [2.05, 4.69) is 20.4 Å². The maximum absolute atomic E-state index is 10.9. The number of hydrogen-bond donors (Lipinski definition) is 1. The van der Waals surface area contributed by atoms with Crippen molar-refractivity contribution in [3.8, 4) is 11.5 Å². The number of carbonyl (C=O) groups is 1. The number of primary amides is 1. The number of benzene rings is 1. The summed E-state index contributed by atoms with van der Waals surface area (Å²) in [4.78, 5) is 10.9. The van der Waals surface area contributed by atoms with E-state index in [0.29, 0.717) is 29.2 Å². The molecule has 0 saturated carbocycles. The third-order valence-electron chi connectivity index (χ3n) is 3.89. The number of carbonyl (C=O) groups excluding carboxylic acids is 1. The molecular weight excluding hydrogens is 352 g/mol. The summed E-state index contributed by atoms with van der Waals surface area (Å²) >= 11 is 1.47. The molecule has 1 amide bonds. The lowest BCUT2D eigenvalue weighted by Gasteiger charge is -2.06. The second kappa shape index (κ2) is 7.69. The van der Waals surface area contributed by atoms with Gasteiger partial charge in [0.2, 0.25) is 17.7 Å². The quantitative estimate of drug-likeness (QED) is 0.634. The number of aryl methyl sites for hydroxylation is 2. The first-order valence-electron chi connectivity index (χ1n) is 8.17. The molecule has 0 radical (unpaired) electrons. The molecule has 26 heavy (non-hydrogen) atoms. The number of rotatable bonds is 7. The molecule has 0 aliphatic heterocycles. The smallest absolute Gasteiger partial charge is 0.247 e. The van der Waals surface area contributed by atoms with Gasteiger partial charge in [-0.3, -0.25) is 4.79 Å². The van der Waals surface area contributed by atoms with Crippen LogP contribution >= 0.6 is 11.8 Å². The summed E-state index contributed by atoms with van der Waals surface area (Å²) in [7, 11) is 1.86. The Bertz CT molecular complexity index is 902. The van der Waals surface area contributed by atoms with E-state index >= 15 is 0 Å². The highest BCUT2D eigenvalue weighted by atomic mass is 32.2. The van der Waals surface area contributed by atoms with Crippen LogP contribution in [0.2, 0.25) is 0 Å². The van der Waals surface area contributed by atoms with E-state index in [4.69, 9.17) is 10.2 Å². The topological polar surface area (TPSA) is 113 Å². The van der Waals surface area contributed by atoms with Gasteiger partial charge < -0.3 is 14.7 Å². The second-order valence-corrected chi connectivity index (χ2v) is 7.30. The molecule has 0 spiro atoms. The highest BCUT2D eigenvalue weighted by Crippen LogP contribution is 2.34. The van der Waals surface area contributed by atoms with Gasteiger partial charge in [0.15, 0.2) is 5.16 Å². The Morgan fingerprint density at radius 1 is 1.23 bits per heavy atom. The summed E-state index contributed by atoms with van der Waals surface area (Å²) in [5.41, 5.74) is 7.24. The first-order chi connectivity index (χ1) is 12.4. The zero-order valence-electron chi connectivity index (χ0n) is 14.8. The van der Waals surface area contributed by atoms with Crippen molar-refractivity contribution in [2.75, 3.05) is 0 Å². The summed E-state index contributed by atoms with van der Waals surface area (Å²) < 4.78 is 7.66. The third-order valence-corrected chi connectivity index (χ3v) is 5.01. The standard InChI is InChI=1S/C17H20N6O2S/c1-10-4-6-12(7-5-10)16-21-20-15(25-16)11(2)26-17-22-19-14(23(17)3)9-8-13(18)24/h4-7,11H,8-9H2,1-3H3,(H2,18,24)/t11-/m1/s1. The largest absolute Gasteiger partial charge is 0.419 e. The van der Waals surface area contributed by atoms with Crippen LogP contribution in [-0.4, -0.2) is 30.9 Å². The minimum Gasteiger partial charge on any atom is -0.419 e. The Labute approximate surface area is 155 Å². The molecule has 0 fully saturated rings. The summed E-state index contributed by atoms with van der Waals surface area (Å²) in [5.74, 6) is 1.37. The van der Waals surface area contributed by atoms with Crippen molar-refractivity contribution in [1.29, 1.82) is 0 Å². The average molecular weight is 372 g/mol. The van der Waals surface area contributed by atoms with Crippen LogP contribution in [0.4, 0.5) is 0 Å². The van der Waals surface area contributed by atoms with Crippen LogP contribution in [0.15, 0.2) is 33.8 Å². The van der Waals surface area contributed by atoms with E-state index in [1.165, 1.54) is 17.3 Å². The number of thioether (sulfide) groups is 1. The van der Waals surface area contributed by atoms with Crippen molar-refractivity contribution in [2.24, 2.45) is 12.8 Å². The monoisotopic (exact) mass is 372 g/mol. The van der Waals surface area contributed by atoms with Gasteiger partial charge in [-0.05, 0) is 26.0 Å². The van der Waals surface area contributed by atoms with Crippen molar-refractivity contribution < 1.29 is 9.21 Å². The van der Waals surface area contributed by atoms with Crippen LogP contribution in [0.3, 0.4) is 0 Å². The lowest BCUT2D eigenvalue weighted by Crippen LogP contribution is -2.12. The van der Waals surface area contributed by atoms with Crippen molar-refractivity contribution in [3.63, 3.8) is 0 Å². The van der Waals surface area contributed by atoms with Gasteiger partial charge in [-0.2, -0.15) is 0 Å². The fraction of sp³-hybridized carbons (Fsp3) is 0.353. The molecule has 2 aromatic heterocycles. The number of nitrogens with zero attached hydrogens (tertiary/aromatic N) is 5. The predicted octanol–water partition coefficient (Wildman–Crippen LogP) is 2.44. The van der Waals surface area contributed by atoms with E-state index in [0.717, 1.165) is 5.56 Å². The molecule has 8 nitrogen and oxygen atoms in total. The van der Waals surface area contributed by atoms with Gasteiger partial charge in [0.25, 0.3) is 0 Å². The molecule has 136 valence electrons. The fourth-order valence-electron chi connectivity index (χ4n) is 2.32. The Balaban J connectivity index is 1.70. The first kappa shape index (κ1) is 18.1. The summed E-state index contributed by atoms with van der Waals surface area (Å²) in [5, 5.41) is 17.2. The number of amides is 1. The van der Waals surface area contributed by atoms with Gasteiger partial charge >= 0.3 is 0 Å². The van der Waals surface area contributed by atoms with Gasteiger partial charge in [-0.1, -0.05) is 29.5 Å². The number of nitrogens with two attached hydrogens (primary N) is 1. The second-order valence-electron chi connectivity index (χ2n) is 6.00. The molecule has 0 aliphatic carbocycles. The van der Waals surface area contributed by atoms with Crippen LogP contribution in [0.1, 0.15) is 35.9 Å². The molecule has 0 unspecified atom stereocenters. The van der Waals surface area contributed by atoms with E-state index < -0.39 is 0 Å². The Kier molecular flexibility index (Phi) is 5.36. The SMILES string of the molecule is Cc1ccc(-c2nnc([C@@H](C)Sc3nnc(CCC(N)=O)n3C)o2)cc1. The van der Waals surface area contributed by atoms with E-state index in [9.17, 15) is 4.79 Å². The average Bonchev–Trinajstić information content (AvgIpc) is 3.22. The van der Waals surface area contributed by atoms with Crippen molar-refractivity contribution in [1.82, 2.24) is 25.0 Å². The molecule has 1 aromatic carbocycles. The van der Waals surface area contributed by atoms with Crippen LogP contribution in [0.25, 0.3) is 11.5 Å². The normalized spacial score (nSPS) is 12.3. The zero-order chi connectivity index (χ0) is 18.7. The Morgan fingerprint density at radius 2 is 1.96 bits per heavy atom. The Morgan fingerprint density at radius 3 is 2.65 bits per heavy atom. The van der Waals surface area contributed by atoms with Crippen LogP contribution < -0.4 is 5.73 Å². The van der Waals surface area contributed by atoms with Gasteiger partial charge in [0.1, 0.15) is 5.82 Å². The minimum absolute atomic E-state index is 0.0893. The van der Waals surface area contributed by atoms with Crippen molar-refractivity contribution in [3.05, 3.63) is 41.5 Å². The summed E-state index contributed by atoms with van der Waals surface area (Å²) in [6.45, 7) is 4.00. The van der Waals surface area contributed by atoms with E-state index in [1.54, 1.807) is 0 Å². The van der Waals surface area contributed by atoms with Crippen LogP contribution in [-0.2, 0) is 18.3 Å². The summed E-state index contributed by atoms with van der Waals surface area (Å²) in [6, 6.07) is 7.92. The van der Waals surface area contributed by atoms with Gasteiger partial charge in [0.05, 0.1) is 5.25 Å². The van der Waals surface area contributed by atoms with Crippen LogP contribution in [0.5, 0.6) is 0 Å². The molecule has 0 saturated heterocycles. The molecular formula is C17H20N6O2S. The van der Waals surface area contributed by atoms with Crippen molar-refractivity contribution >= 4 is 17.7 Å². The summed E-state index contributed by atoms with van der Waals surface area (Å²) in [6.07, 6.45) is 0.710. The molecule has 0 bridgehead atoms. The van der Waals surface area contributed by atoms with Crippen LogP contribution in [0, 0.1) is 6.92 Å². The third kappa shape index (κ3) is 4.10. The number of hydrogen-bond acceptors (Lipinski definition) is 7.